The minimum atomic E-state index is -0.0353. The second-order valence-corrected chi connectivity index (χ2v) is 5.43. The number of hydrogen-bond acceptors (Lipinski definition) is 2. The second-order valence-electron chi connectivity index (χ2n) is 5.02. The van der Waals surface area contributed by atoms with Crippen LogP contribution in [0.25, 0.3) is 0 Å². The highest BCUT2D eigenvalue weighted by atomic mass is 35.5. The van der Waals surface area contributed by atoms with Gasteiger partial charge < -0.3 is 4.90 Å². The SMILES string of the molecule is CCn1cc(Cl)c(C(=O)N2[C@H](C)CCC[C@H]2C)n1. The van der Waals surface area contributed by atoms with E-state index < -0.39 is 0 Å². The maximum Gasteiger partial charge on any atom is 0.276 e. The molecule has 0 N–H and O–H groups in total. The summed E-state index contributed by atoms with van der Waals surface area (Å²) in [5.41, 5.74) is 0.388. The number of halogens is 1. The Hall–Kier alpha value is -1.03. The van der Waals surface area contributed by atoms with E-state index >= 15 is 0 Å². The van der Waals surface area contributed by atoms with Gasteiger partial charge in [-0.2, -0.15) is 5.10 Å². The molecular weight excluding hydrogens is 250 g/mol. The van der Waals surface area contributed by atoms with Crippen LogP contribution in [0.2, 0.25) is 5.02 Å². The van der Waals surface area contributed by atoms with Crippen molar-refractivity contribution in [1.29, 1.82) is 0 Å². The molecule has 0 bridgehead atoms. The van der Waals surface area contributed by atoms with Gasteiger partial charge in [0.2, 0.25) is 0 Å². The Morgan fingerprint density at radius 2 is 2.06 bits per heavy atom. The molecule has 5 heteroatoms. The van der Waals surface area contributed by atoms with Crippen LogP contribution >= 0.6 is 11.6 Å². The maximum atomic E-state index is 12.5. The Labute approximate surface area is 113 Å². The largest absolute Gasteiger partial charge is 0.332 e. The van der Waals surface area contributed by atoms with Crippen molar-refractivity contribution in [3.8, 4) is 0 Å². The molecule has 2 atom stereocenters. The van der Waals surface area contributed by atoms with Crippen LogP contribution < -0.4 is 0 Å². The summed E-state index contributed by atoms with van der Waals surface area (Å²) in [7, 11) is 0. The average Bonchev–Trinajstić information content (AvgIpc) is 2.70. The zero-order chi connectivity index (χ0) is 13.3. The molecule has 1 saturated heterocycles. The lowest BCUT2D eigenvalue weighted by atomic mass is 9.97. The van der Waals surface area contributed by atoms with Crippen LogP contribution in [0.3, 0.4) is 0 Å². The zero-order valence-electron chi connectivity index (χ0n) is 11.2. The quantitative estimate of drug-likeness (QED) is 0.828. The van der Waals surface area contributed by atoms with E-state index in [1.165, 1.54) is 6.42 Å². The van der Waals surface area contributed by atoms with Crippen LogP contribution in [0.5, 0.6) is 0 Å². The molecule has 1 aromatic heterocycles. The predicted octanol–water partition coefficient (Wildman–Crippen LogP) is 2.96. The summed E-state index contributed by atoms with van der Waals surface area (Å²) in [5.74, 6) is -0.0353. The molecule has 1 fully saturated rings. The highest BCUT2D eigenvalue weighted by Crippen LogP contribution is 2.26. The third-order valence-corrected chi connectivity index (χ3v) is 3.95. The van der Waals surface area contributed by atoms with Crippen LogP contribution in [-0.2, 0) is 6.54 Å². The Bertz CT molecular complexity index is 433. The first-order chi connectivity index (χ1) is 8.54. The number of piperidine rings is 1. The highest BCUT2D eigenvalue weighted by molar-refractivity contribution is 6.33. The monoisotopic (exact) mass is 269 g/mol. The normalized spacial score (nSPS) is 24.3. The standard InChI is InChI=1S/C13H20ClN3O/c1-4-16-8-11(14)12(15-16)13(18)17-9(2)6-5-7-10(17)3/h8-10H,4-7H2,1-3H3/t9-,10-/m1/s1. The molecule has 18 heavy (non-hydrogen) atoms. The van der Waals surface area contributed by atoms with Crippen LogP contribution in [0.15, 0.2) is 6.20 Å². The first-order valence-electron chi connectivity index (χ1n) is 6.60. The van der Waals surface area contributed by atoms with Gasteiger partial charge >= 0.3 is 0 Å². The number of amides is 1. The Balaban J connectivity index is 2.26. The van der Waals surface area contributed by atoms with Gasteiger partial charge in [-0.1, -0.05) is 11.6 Å². The Kier molecular flexibility index (Phi) is 3.95. The van der Waals surface area contributed by atoms with Crippen LogP contribution in [0, 0.1) is 0 Å². The van der Waals surface area contributed by atoms with Crippen molar-refractivity contribution in [2.75, 3.05) is 0 Å². The fraction of sp³-hybridized carbons (Fsp3) is 0.692. The van der Waals surface area contributed by atoms with E-state index in [0.717, 1.165) is 19.4 Å². The van der Waals surface area contributed by atoms with Crippen molar-refractivity contribution in [1.82, 2.24) is 14.7 Å². The smallest absolute Gasteiger partial charge is 0.276 e. The van der Waals surface area contributed by atoms with Gasteiger partial charge in [0.15, 0.2) is 5.69 Å². The van der Waals surface area contributed by atoms with E-state index in [2.05, 4.69) is 18.9 Å². The molecule has 4 nitrogen and oxygen atoms in total. The number of carbonyl (C=O) groups is 1. The number of nitrogens with zero attached hydrogens (tertiary/aromatic N) is 3. The lowest BCUT2D eigenvalue weighted by Gasteiger charge is -2.38. The van der Waals surface area contributed by atoms with Gasteiger partial charge in [-0.05, 0) is 40.0 Å². The van der Waals surface area contributed by atoms with Crippen molar-refractivity contribution in [2.45, 2.75) is 58.7 Å². The molecule has 1 aliphatic rings. The number of hydrogen-bond donors (Lipinski definition) is 0. The minimum absolute atomic E-state index is 0.0353. The molecule has 0 unspecified atom stereocenters. The minimum Gasteiger partial charge on any atom is -0.332 e. The van der Waals surface area contributed by atoms with E-state index in [0.29, 0.717) is 10.7 Å². The number of carbonyl (C=O) groups excluding carboxylic acids is 1. The second kappa shape index (κ2) is 5.31. The van der Waals surface area contributed by atoms with Crippen LogP contribution in [0.4, 0.5) is 0 Å². The third kappa shape index (κ3) is 2.39. The summed E-state index contributed by atoms with van der Waals surface area (Å²) in [5, 5.41) is 4.72. The van der Waals surface area contributed by atoms with E-state index in [9.17, 15) is 4.79 Å². The molecular formula is C13H20ClN3O. The van der Waals surface area contributed by atoms with Gasteiger partial charge in [-0.25, -0.2) is 0 Å². The third-order valence-electron chi connectivity index (χ3n) is 3.67. The fourth-order valence-corrected chi connectivity index (χ4v) is 2.88. The summed E-state index contributed by atoms with van der Waals surface area (Å²) in [6.45, 7) is 6.89. The topological polar surface area (TPSA) is 38.1 Å². The molecule has 0 radical (unpaired) electrons. The van der Waals surface area contributed by atoms with E-state index in [1.54, 1.807) is 10.9 Å². The maximum absolute atomic E-state index is 12.5. The average molecular weight is 270 g/mol. The van der Waals surface area contributed by atoms with Gasteiger partial charge in [0.1, 0.15) is 0 Å². The fourth-order valence-electron chi connectivity index (χ4n) is 2.65. The van der Waals surface area contributed by atoms with Crippen molar-refractivity contribution >= 4 is 17.5 Å². The van der Waals surface area contributed by atoms with Crippen LogP contribution in [0.1, 0.15) is 50.5 Å². The first kappa shape index (κ1) is 13.4. The first-order valence-corrected chi connectivity index (χ1v) is 6.98. The summed E-state index contributed by atoms with van der Waals surface area (Å²) in [4.78, 5) is 14.5. The van der Waals surface area contributed by atoms with E-state index in [4.69, 9.17) is 11.6 Å². The molecule has 0 aromatic carbocycles. The molecule has 0 spiro atoms. The van der Waals surface area contributed by atoms with Gasteiger partial charge in [-0.3, -0.25) is 9.48 Å². The molecule has 2 rings (SSSR count). The molecule has 1 amide bonds. The number of rotatable bonds is 2. The lowest BCUT2D eigenvalue weighted by Crippen LogP contribution is -2.47. The van der Waals surface area contributed by atoms with Gasteiger partial charge in [0.25, 0.3) is 5.91 Å². The number of likely N-dealkylation sites (tertiary alicyclic amines) is 1. The van der Waals surface area contributed by atoms with Gasteiger partial charge in [0.05, 0.1) is 5.02 Å². The van der Waals surface area contributed by atoms with Gasteiger partial charge in [-0.15, -0.1) is 0 Å². The zero-order valence-corrected chi connectivity index (χ0v) is 11.9. The van der Waals surface area contributed by atoms with E-state index in [-0.39, 0.29) is 18.0 Å². The van der Waals surface area contributed by atoms with E-state index in [1.807, 2.05) is 11.8 Å². The van der Waals surface area contributed by atoms with Crippen molar-refractivity contribution in [3.05, 3.63) is 16.9 Å². The summed E-state index contributed by atoms with van der Waals surface area (Å²) >= 11 is 6.10. The highest BCUT2D eigenvalue weighted by Gasteiger charge is 2.32. The van der Waals surface area contributed by atoms with Crippen molar-refractivity contribution in [3.63, 3.8) is 0 Å². The summed E-state index contributed by atoms with van der Waals surface area (Å²) < 4.78 is 1.70. The molecule has 1 aliphatic heterocycles. The van der Waals surface area contributed by atoms with Crippen LogP contribution in [-0.4, -0.2) is 32.7 Å². The molecule has 1 aromatic rings. The lowest BCUT2D eigenvalue weighted by molar-refractivity contribution is 0.0504. The summed E-state index contributed by atoms with van der Waals surface area (Å²) in [6, 6.07) is 0.535. The van der Waals surface area contributed by atoms with Crippen molar-refractivity contribution < 1.29 is 4.79 Å². The number of aromatic nitrogens is 2. The number of aryl methyl sites for hydroxylation is 1. The molecule has 100 valence electrons. The predicted molar refractivity (Wildman–Crippen MR) is 71.9 cm³/mol. The Morgan fingerprint density at radius 3 is 2.56 bits per heavy atom. The Morgan fingerprint density at radius 1 is 1.44 bits per heavy atom. The van der Waals surface area contributed by atoms with Crippen molar-refractivity contribution in [2.24, 2.45) is 0 Å². The molecule has 0 aliphatic carbocycles. The van der Waals surface area contributed by atoms with Gasteiger partial charge in [0, 0.05) is 24.8 Å². The summed E-state index contributed by atoms with van der Waals surface area (Å²) in [6.07, 6.45) is 5.02. The molecule has 2 heterocycles. The molecule has 0 saturated carbocycles.